The molecule has 0 aliphatic heterocycles. The maximum absolute atomic E-state index is 13.5. The van der Waals surface area contributed by atoms with Gasteiger partial charge in [0.05, 0.1) is 12.6 Å². The summed E-state index contributed by atoms with van der Waals surface area (Å²) in [7, 11) is -0.626. The summed E-state index contributed by atoms with van der Waals surface area (Å²) < 4.78 is 19.8. The Labute approximate surface area is 198 Å². The molecule has 1 aromatic heterocycles. The molecule has 6 heteroatoms. The lowest BCUT2D eigenvalue weighted by Gasteiger charge is -2.37. The lowest BCUT2D eigenvalue weighted by atomic mass is 10.0. The van der Waals surface area contributed by atoms with Gasteiger partial charge in [-0.1, -0.05) is 51.1 Å². The first-order chi connectivity index (χ1) is 15.2. The van der Waals surface area contributed by atoms with Crippen LogP contribution in [0.1, 0.15) is 52.7 Å². The summed E-state index contributed by atoms with van der Waals surface area (Å²) in [6, 6.07) is 16.0. The van der Waals surface area contributed by atoms with E-state index in [2.05, 4.69) is 46.0 Å². The summed E-state index contributed by atoms with van der Waals surface area (Å²) >= 11 is 0. The Bertz CT molecular complexity index is 1130. The monoisotopic (exact) mass is 467 g/mol. The molecule has 0 atom stereocenters. The van der Waals surface area contributed by atoms with Crippen LogP contribution in [0.3, 0.4) is 0 Å². The second-order valence-corrected chi connectivity index (χ2v) is 15.7. The molecule has 178 valence electrons. The van der Waals surface area contributed by atoms with Crippen LogP contribution in [0.25, 0.3) is 10.9 Å². The molecule has 2 aromatic carbocycles. The van der Waals surface area contributed by atoms with Crippen molar-refractivity contribution in [2.45, 2.75) is 71.7 Å². The number of rotatable bonds is 5. The Hall–Kier alpha value is -2.73. The number of hydrogen-bond acceptors (Lipinski definition) is 4. The molecule has 0 unspecified atom stereocenters. The van der Waals surface area contributed by atoms with Gasteiger partial charge < -0.3 is 13.9 Å². The van der Waals surface area contributed by atoms with E-state index < -0.39 is 20.0 Å². The molecular formula is C27H37NO4Si. The third-order valence-electron chi connectivity index (χ3n) is 6.19. The van der Waals surface area contributed by atoms with E-state index in [4.69, 9.17) is 13.9 Å². The number of ether oxygens (including phenoxy) is 2. The number of hydrogen-bond donors (Lipinski definition) is 0. The number of fused-ring (bicyclic) bond motifs is 1. The van der Waals surface area contributed by atoms with Gasteiger partial charge in [0.1, 0.15) is 11.4 Å². The summed E-state index contributed by atoms with van der Waals surface area (Å²) in [5.74, 6) is 1.31. The predicted molar refractivity (Wildman–Crippen MR) is 137 cm³/mol. The topological polar surface area (TPSA) is 49.7 Å². The van der Waals surface area contributed by atoms with Crippen LogP contribution in [0.5, 0.6) is 11.6 Å². The van der Waals surface area contributed by atoms with Gasteiger partial charge >= 0.3 is 6.09 Å². The lowest BCUT2D eigenvalue weighted by Crippen LogP contribution is -2.45. The third-order valence-corrected chi connectivity index (χ3v) is 10.5. The summed E-state index contributed by atoms with van der Waals surface area (Å²) in [6.45, 7) is 16.6. The van der Waals surface area contributed by atoms with E-state index in [1.165, 1.54) is 0 Å². The molecule has 0 aliphatic carbocycles. The smallest absolute Gasteiger partial charge is 0.421 e. The lowest BCUT2D eigenvalue weighted by molar-refractivity contribution is 0.0536. The van der Waals surface area contributed by atoms with Gasteiger partial charge in [0.2, 0.25) is 0 Å². The van der Waals surface area contributed by atoms with Crippen molar-refractivity contribution >= 4 is 25.3 Å². The summed E-state index contributed by atoms with van der Waals surface area (Å²) in [5, 5.41) is 0.891. The standard InChI is InChI=1S/C27H37NO4Si/c1-26(2,3)31-25(29)28-23-16-15-20(30-7)18-21(23)22(17-19-13-11-10-12-14-19)24(28)32-33(8,9)27(4,5)6/h10-16,18H,17H2,1-9H3. The number of benzene rings is 2. The molecule has 0 saturated heterocycles. The van der Waals surface area contributed by atoms with E-state index >= 15 is 0 Å². The SMILES string of the molecule is COc1ccc2c(c1)c(Cc1ccccc1)c(O[Si](C)(C)C(C)(C)C)n2C(=O)OC(C)(C)C. The zero-order valence-electron chi connectivity index (χ0n) is 21.4. The minimum Gasteiger partial charge on any atom is -0.531 e. The van der Waals surface area contributed by atoms with Crippen LogP contribution < -0.4 is 9.16 Å². The van der Waals surface area contributed by atoms with Crippen LogP contribution in [0.15, 0.2) is 48.5 Å². The zero-order valence-corrected chi connectivity index (χ0v) is 22.4. The second kappa shape index (κ2) is 8.90. The van der Waals surface area contributed by atoms with E-state index in [0.29, 0.717) is 12.3 Å². The molecule has 1 heterocycles. The first-order valence-electron chi connectivity index (χ1n) is 11.4. The van der Waals surface area contributed by atoms with Crippen molar-refractivity contribution in [3.8, 4) is 11.6 Å². The van der Waals surface area contributed by atoms with Gasteiger partial charge in [0.15, 0.2) is 5.88 Å². The maximum atomic E-state index is 13.5. The fourth-order valence-corrected chi connectivity index (χ4v) is 4.40. The van der Waals surface area contributed by atoms with Crippen molar-refractivity contribution in [1.82, 2.24) is 4.57 Å². The maximum Gasteiger partial charge on any atom is 0.421 e. The van der Waals surface area contributed by atoms with Crippen LogP contribution >= 0.6 is 0 Å². The van der Waals surface area contributed by atoms with Gasteiger partial charge in [0, 0.05) is 17.4 Å². The number of aromatic nitrogens is 1. The van der Waals surface area contributed by atoms with Crippen LogP contribution in [-0.4, -0.2) is 31.7 Å². The molecule has 0 saturated carbocycles. The largest absolute Gasteiger partial charge is 0.531 e. The first-order valence-corrected chi connectivity index (χ1v) is 14.3. The molecule has 0 radical (unpaired) electrons. The van der Waals surface area contributed by atoms with Crippen molar-refractivity contribution in [2.24, 2.45) is 0 Å². The number of methoxy groups -OCH3 is 1. The Morgan fingerprint density at radius 1 is 0.970 bits per heavy atom. The molecule has 3 rings (SSSR count). The van der Waals surface area contributed by atoms with E-state index in [1.54, 1.807) is 11.7 Å². The third kappa shape index (κ3) is 5.44. The number of carbonyl (C=O) groups excluding carboxylic acids is 1. The van der Waals surface area contributed by atoms with Crippen molar-refractivity contribution in [2.75, 3.05) is 7.11 Å². The molecule has 0 N–H and O–H groups in total. The highest BCUT2D eigenvalue weighted by Gasteiger charge is 2.41. The van der Waals surface area contributed by atoms with Crippen molar-refractivity contribution in [3.63, 3.8) is 0 Å². The fraction of sp³-hybridized carbons (Fsp3) is 0.444. The molecule has 33 heavy (non-hydrogen) atoms. The van der Waals surface area contributed by atoms with Gasteiger partial charge in [-0.15, -0.1) is 0 Å². The normalized spacial score (nSPS) is 12.6. The van der Waals surface area contributed by atoms with E-state index in [1.807, 2.05) is 57.2 Å². The Balaban J connectivity index is 2.32. The molecule has 0 aliphatic rings. The Morgan fingerprint density at radius 3 is 2.15 bits per heavy atom. The second-order valence-electron chi connectivity index (χ2n) is 11.0. The number of carbonyl (C=O) groups is 1. The molecule has 0 bridgehead atoms. The summed E-state index contributed by atoms with van der Waals surface area (Å²) in [5.41, 5.74) is 2.23. The molecule has 0 amide bonds. The van der Waals surface area contributed by atoms with Crippen LogP contribution in [-0.2, 0) is 11.2 Å². The van der Waals surface area contributed by atoms with Crippen LogP contribution in [0.4, 0.5) is 4.79 Å². The van der Waals surface area contributed by atoms with Gasteiger partial charge in [-0.2, -0.15) is 0 Å². The fourth-order valence-electron chi connectivity index (χ4n) is 3.40. The summed E-state index contributed by atoms with van der Waals surface area (Å²) in [4.78, 5) is 13.5. The quantitative estimate of drug-likeness (QED) is 0.367. The molecule has 3 aromatic rings. The van der Waals surface area contributed by atoms with Crippen molar-refractivity contribution in [1.29, 1.82) is 0 Å². The van der Waals surface area contributed by atoms with E-state index in [9.17, 15) is 4.79 Å². The first kappa shape index (κ1) is 24.9. The predicted octanol–water partition coefficient (Wildman–Crippen LogP) is 7.41. The highest BCUT2D eigenvalue weighted by Crippen LogP contribution is 2.42. The average molecular weight is 468 g/mol. The van der Waals surface area contributed by atoms with Crippen LogP contribution in [0, 0.1) is 0 Å². The van der Waals surface area contributed by atoms with Crippen molar-refractivity contribution in [3.05, 3.63) is 59.7 Å². The molecule has 5 nitrogen and oxygen atoms in total. The minimum atomic E-state index is -2.27. The van der Waals surface area contributed by atoms with Gasteiger partial charge in [-0.25, -0.2) is 9.36 Å². The highest BCUT2D eigenvalue weighted by molar-refractivity contribution is 6.74. The molecular weight excluding hydrogens is 430 g/mol. The van der Waals surface area contributed by atoms with E-state index in [0.717, 1.165) is 27.8 Å². The Kier molecular flexibility index (Phi) is 6.71. The minimum absolute atomic E-state index is 0.0378. The zero-order chi connectivity index (χ0) is 24.6. The van der Waals surface area contributed by atoms with Crippen LogP contribution in [0.2, 0.25) is 18.1 Å². The molecule has 0 spiro atoms. The summed E-state index contributed by atoms with van der Waals surface area (Å²) in [6.07, 6.45) is 0.190. The van der Waals surface area contributed by atoms with Gasteiger partial charge in [0.25, 0.3) is 8.32 Å². The molecule has 0 fully saturated rings. The van der Waals surface area contributed by atoms with Gasteiger partial charge in [-0.05, 0) is 62.7 Å². The number of nitrogens with zero attached hydrogens (tertiary/aromatic N) is 1. The van der Waals surface area contributed by atoms with Crippen molar-refractivity contribution < 1.29 is 18.7 Å². The van der Waals surface area contributed by atoms with E-state index in [-0.39, 0.29) is 5.04 Å². The average Bonchev–Trinajstić information content (AvgIpc) is 2.98. The van der Waals surface area contributed by atoms with Gasteiger partial charge in [-0.3, -0.25) is 0 Å². The Morgan fingerprint density at radius 2 is 1.61 bits per heavy atom. The highest BCUT2D eigenvalue weighted by atomic mass is 28.4.